The van der Waals surface area contributed by atoms with Crippen LogP contribution in [0.5, 0.6) is 0 Å². The van der Waals surface area contributed by atoms with Crippen LogP contribution in [0.25, 0.3) is 0 Å². The predicted molar refractivity (Wildman–Crippen MR) is 67.2 cm³/mol. The summed E-state index contributed by atoms with van der Waals surface area (Å²) in [7, 11) is -0.574. The summed E-state index contributed by atoms with van der Waals surface area (Å²) in [5.74, 6) is -0.341. The van der Waals surface area contributed by atoms with Crippen LogP contribution in [0.15, 0.2) is 12.7 Å². The number of carbonyl (C=O) groups is 1. The zero-order valence-corrected chi connectivity index (χ0v) is 12.0. The van der Waals surface area contributed by atoms with Crippen LogP contribution in [0.1, 0.15) is 20.3 Å². The number of ether oxygens (including phenoxy) is 1. The molecule has 108 valence electrons. The minimum atomic E-state index is -4.67. The molecule has 0 aliphatic heterocycles. The van der Waals surface area contributed by atoms with Crippen molar-refractivity contribution in [2.45, 2.75) is 26.5 Å². The minimum Gasteiger partial charge on any atom is -0.409 e. The van der Waals surface area contributed by atoms with Gasteiger partial charge in [-0.25, -0.2) is 4.79 Å². The highest BCUT2D eigenvalue weighted by molar-refractivity contribution is 7.79. The molecule has 0 aromatic carbocycles. The fourth-order valence-corrected chi connectivity index (χ4v) is 1.11. The van der Waals surface area contributed by atoms with E-state index in [1.165, 1.54) is 6.08 Å². The minimum absolute atomic E-state index is 0.0736. The zero-order valence-electron chi connectivity index (χ0n) is 11.2. The van der Waals surface area contributed by atoms with Gasteiger partial charge in [0.2, 0.25) is 6.23 Å². The molecule has 0 aromatic rings. The lowest BCUT2D eigenvalue weighted by Gasteiger charge is -2.35. The molecule has 0 saturated heterocycles. The Morgan fingerprint density at radius 3 is 2.00 bits per heavy atom. The molecule has 1 atom stereocenters. The molecular weight excluding hydrogens is 262 g/mol. The highest BCUT2D eigenvalue weighted by Gasteiger charge is 2.27. The first-order chi connectivity index (χ1) is 7.97. The maximum atomic E-state index is 11.0. The average molecular weight is 284 g/mol. The summed E-state index contributed by atoms with van der Waals surface area (Å²) in [6.45, 7) is 8.39. The fraction of sp³-hybridized carbons (Fsp3) is 0.700. The van der Waals surface area contributed by atoms with E-state index in [1.807, 2.05) is 21.0 Å². The summed E-state index contributed by atoms with van der Waals surface area (Å²) < 4.78 is 37.5. The van der Waals surface area contributed by atoms with Gasteiger partial charge in [0, 0.05) is 12.5 Å². The third-order valence-corrected chi connectivity index (χ3v) is 2.36. The maximum Gasteiger partial charge on any atom is 0.394 e. The van der Waals surface area contributed by atoms with Crippen LogP contribution in [0.3, 0.4) is 0 Å². The lowest BCUT2D eigenvalue weighted by Crippen LogP contribution is -2.50. The molecule has 0 radical (unpaired) electrons. The highest BCUT2D eigenvalue weighted by atomic mass is 32.3. The van der Waals surface area contributed by atoms with Crippen molar-refractivity contribution < 1.29 is 31.5 Å². The van der Waals surface area contributed by atoms with Crippen LogP contribution in [0, 0.1) is 0 Å². The summed E-state index contributed by atoms with van der Waals surface area (Å²) in [5.41, 5.74) is 0. The average Bonchev–Trinajstić information content (AvgIpc) is 2.22. The van der Waals surface area contributed by atoms with Crippen molar-refractivity contribution in [1.29, 1.82) is 0 Å². The number of hydrogen-bond donors (Lipinski definition) is 2. The van der Waals surface area contributed by atoms with Gasteiger partial charge in [-0.05, 0) is 6.92 Å². The molecule has 0 fully saturated rings. The van der Waals surface area contributed by atoms with E-state index in [0.717, 1.165) is 13.0 Å². The van der Waals surface area contributed by atoms with Gasteiger partial charge in [0.1, 0.15) is 0 Å². The summed E-state index contributed by atoms with van der Waals surface area (Å²) in [6.07, 6.45) is 1.95. The smallest absolute Gasteiger partial charge is 0.394 e. The van der Waals surface area contributed by atoms with Crippen LogP contribution in [0.4, 0.5) is 0 Å². The zero-order chi connectivity index (χ0) is 15.0. The number of hydrogen-bond acceptors (Lipinski definition) is 4. The number of rotatable bonds is 5. The summed E-state index contributed by atoms with van der Waals surface area (Å²) in [4.78, 5) is 11.0. The second-order valence-electron chi connectivity index (χ2n) is 4.05. The molecule has 0 heterocycles. The van der Waals surface area contributed by atoms with Crippen LogP contribution >= 0.6 is 0 Å². The van der Waals surface area contributed by atoms with Crippen LogP contribution in [-0.2, 0) is 19.9 Å². The van der Waals surface area contributed by atoms with E-state index in [1.54, 1.807) is 0 Å². The molecule has 0 aliphatic rings. The van der Waals surface area contributed by atoms with E-state index < -0.39 is 10.4 Å². The first-order valence-corrected chi connectivity index (χ1v) is 6.73. The van der Waals surface area contributed by atoms with Gasteiger partial charge in [-0.15, -0.1) is 0 Å². The van der Waals surface area contributed by atoms with Gasteiger partial charge in [-0.3, -0.25) is 13.6 Å². The lowest BCUT2D eigenvalue weighted by molar-refractivity contribution is -0.933. The Bertz CT molecular complexity index is 355. The molecule has 18 heavy (non-hydrogen) atoms. The van der Waals surface area contributed by atoms with E-state index in [9.17, 15) is 4.79 Å². The Morgan fingerprint density at radius 1 is 1.39 bits per heavy atom. The summed E-state index contributed by atoms with van der Waals surface area (Å²) in [5, 5.41) is 0. The normalized spacial score (nSPS) is 13.0. The van der Waals surface area contributed by atoms with E-state index in [4.69, 9.17) is 22.3 Å². The standard InChI is InChI=1S/C10H20NO2.H2O4S/c1-6-9(11(4,5)8-3)13-10(12)7-2;1-5(2,3)4/h7,9H,2,6,8H2,1,3-5H3;(H2,1,2,3,4)/q+1;. The molecule has 0 rings (SSSR count). The van der Waals surface area contributed by atoms with E-state index in [-0.39, 0.29) is 12.2 Å². The second kappa shape index (κ2) is 8.20. The van der Waals surface area contributed by atoms with Crippen molar-refractivity contribution in [1.82, 2.24) is 0 Å². The second-order valence-corrected chi connectivity index (χ2v) is 4.94. The third kappa shape index (κ3) is 11.5. The molecule has 0 saturated carbocycles. The molecule has 0 aliphatic carbocycles. The Kier molecular flexibility index (Phi) is 8.83. The van der Waals surface area contributed by atoms with Crippen LogP contribution in [0.2, 0.25) is 0 Å². The van der Waals surface area contributed by atoms with Crippen LogP contribution in [-0.4, -0.2) is 54.8 Å². The number of quaternary nitrogens is 1. The van der Waals surface area contributed by atoms with Gasteiger partial charge in [-0.2, -0.15) is 8.42 Å². The van der Waals surface area contributed by atoms with Crippen molar-refractivity contribution >= 4 is 16.4 Å². The quantitative estimate of drug-likeness (QED) is 0.256. The van der Waals surface area contributed by atoms with Gasteiger partial charge < -0.3 is 4.74 Å². The van der Waals surface area contributed by atoms with Crippen molar-refractivity contribution in [2.24, 2.45) is 0 Å². The largest absolute Gasteiger partial charge is 0.409 e. The Labute approximate surface area is 108 Å². The lowest BCUT2D eigenvalue weighted by atomic mass is 10.3. The maximum absolute atomic E-state index is 11.0. The topological polar surface area (TPSA) is 101 Å². The number of esters is 1. The van der Waals surface area contributed by atoms with Gasteiger partial charge in [0.25, 0.3) is 0 Å². The summed E-state index contributed by atoms with van der Waals surface area (Å²) in [6, 6.07) is 0. The Morgan fingerprint density at radius 2 is 1.78 bits per heavy atom. The molecule has 8 heteroatoms. The Balaban J connectivity index is 0. The molecular formula is C10H22NO6S+. The third-order valence-electron chi connectivity index (χ3n) is 2.36. The van der Waals surface area contributed by atoms with Crippen LogP contribution < -0.4 is 0 Å². The molecule has 7 nitrogen and oxygen atoms in total. The fourth-order valence-electron chi connectivity index (χ4n) is 1.11. The van der Waals surface area contributed by atoms with Crippen molar-refractivity contribution in [2.75, 3.05) is 20.6 Å². The molecule has 0 amide bonds. The molecule has 0 bridgehead atoms. The number of carbonyl (C=O) groups excluding carboxylic acids is 1. The van der Waals surface area contributed by atoms with Gasteiger partial charge in [-0.1, -0.05) is 13.5 Å². The van der Waals surface area contributed by atoms with E-state index in [2.05, 4.69) is 13.5 Å². The molecule has 0 spiro atoms. The van der Waals surface area contributed by atoms with Crippen molar-refractivity contribution in [3.05, 3.63) is 12.7 Å². The predicted octanol–water partition coefficient (Wildman–Crippen LogP) is 0.895. The van der Waals surface area contributed by atoms with Crippen molar-refractivity contribution in [3.63, 3.8) is 0 Å². The van der Waals surface area contributed by atoms with E-state index in [0.29, 0.717) is 4.48 Å². The molecule has 2 N–H and O–H groups in total. The summed E-state index contributed by atoms with van der Waals surface area (Å²) >= 11 is 0. The highest BCUT2D eigenvalue weighted by Crippen LogP contribution is 2.11. The Hall–Kier alpha value is -0.960. The SMILES string of the molecule is C=CC(=O)OC(CC)[N+](C)(C)CC.O=S(=O)(O)O. The first-order valence-electron chi connectivity index (χ1n) is 5.33. The molecule has 0 aromatic heterocycles. The van der Waals surface area contributed by atoms with Gasteiger partial charge in [0.15, 0.2) is 0 Å². The monoisotopic (exact) mass is 284 g/mol. The molecule has 1 unspecified atom stereocenters. The van der Waals surface area contributed by atoms with E-state index >= 15 is 0 Å². The first kappa shape index (κ1) is 19.4. The van der Waals surface area contributed by atoms with Crippen molar-refractivity contribution in [3.8, 4) is 0 Å². The number of nitrogens with zero attached hydrogens (tertiary/aromatic N) is 1. The van der Waals surface area contributed by atoms with Gasteiger partial charge >= 0.3 is 16.4 Å². The van der Waals surface area contributed by atoms with Gasteiger partial charge in [0.05, 0.1) is 20.6 Å².